The van der Waals surface area contributed by atoms with Crippen LogP contribution in [0, 0.1) is 10.5 Å². The van der Waals surface area contributed by atoms with Gasteiger partial charge in [-0.3, -0.25) is 0 Å². The van der Waals surface area contributed by atoms with Crippen molar-refractivity contribution in [2.45, 2.75) is 13.5 Å². The highest BCUT2D eigenvalue weighted by atomic mass is 127. The molecule has 2 heterocycles. The number of tetrazole rings is 1. The molecule has 0 saturated heterocycles. The summed E-state index contributed by atoms with van der Waals surface area (Å²) in [6.45, 7) is 2.09. The van der Waals surface area contributed by atoms with Crippen molar-refractivity contribution in [3.05, 3.63) is 55.7 Å². The van der Waals surface area contributed by atoms with Crippen LogP contribution in [0.15, 0.2) is 39.7 Å². The molecule has 0 unspecified atom stereocenters. The predicted molar refractivity (Wildman–Crippen MR) is 87.1 cm³/mol. The fourth-order valence-corrected chi connectivity index (χ4v) is 2.43. The molecule has 22 heavy (non-hydrogen) atoms. The van der Waals surface area contributed by atoms with Crippen LogP contribution >= 0.6 is 22.6 Å². The van der Waals surface area contributed by atoms with Gasteiger partial charge in [0.15, 0.2) is 0 Å². The first-order chi connectivity index (χ1) is 11.0. The van der Waals surface area contributed by atoms with Crippen LogP contribution < -0.4 is 10.4 Å². The Balaban J connectivity index is 1.90. The van der Waals surface area contributed by atoms with Crippen molar-refractivity contribution in [1.82, 2.24) is 19.8 Å². The molecule has 0 fully saturated rings. The standard InChI is InChI=1S/C14H13IN4O3/c1-9-5-3-4-6-12(9)21-7-10-11(15)8-22-13(10)19-14(20)18(2)16-17-19/h3-6,8H,7H2,1-2H3/i3T. The van der Waals surface area contributed by atoms with Crippen molar-refractivity contribution < 1.29 is 10.5 Å². The molecule has 0 aliphatic heterocycles. The van der Waals surface area contributed by atoms with Gasteiger partial charge in [0.05, 0.1) is 10.5 Å². The number of halogens is 1. The number of rotatable bonds is 4. The smallest absolute Gasteiger partial charge is 0.370 e. The topological polar surface area (TPSA) is 75.1 Å². The largest absolute Gasteiger partial charge is 0.488 e. The zero-order valence-corrected chi connectivity index (χ0v) is 14.1. The van der Waals surface area contributed by atoms with E-state index < -0.39 is 5.69 Å². The average molecular weight is 414 g/mol. The number of hydrogen-bond acceptors (Lipinski definition) is 5. The number of furan rings is 1. The molecule has 0 bridgehead atoms. The highest BCUT2D eigenvalue weighted by Crippen LogP contribution is 2.24. The summed E-state index contributed by atoms with van der Waals surface area (Å²) >= 11 is 2.11. The van der Waals surface area contributed by atoms with Crippen molar-refractivity contribution in [2.24, 2.45) is 7.05 Å². The number of aryl methyl sites for hydroxylation is 2. The van der Waals surface area contributed by atoms with E-state index in [0.29, 0.717) is 23.2 Å². The number of para-hydroxylation sites is 1. The molecule has 3 rings (SSSR count). The Labute approximate surface area is 141 Å². The van der Waals surface area contributed by atoms with Gasteiger partial charge in [-0.2, -0.15) is 4.68 Å². The number of ether oxygens (including phenoxy) is 1. The minimum Gasteiger partial charge on any atom is -0.488 e. The molecule has 0 aliphatic rings. The van der Waals surface area contributed by atoms with E-state index in [-0.39, 0.29) is 6.61 Å². The van der Waals surface area contributed by atoms with E-state index in [1.807, 2.05) is 6.92 Å². The van der Waals surface area contributed by atoms with Crippen LogP contribution in [-0.2, 0) is 13.7 Å². The van der Waals surface area contributed by atoms with E-state index in [0.717, 1.165) is 18.5 Å². The van der Waals surface area contributed by atoms with Gasteiger partial charge in [-0.25, -0.2) is 4.79 Å². The van der Waals surface area contributed by atoms with Gasteiger partial charge in [-0.15, -0.1) is 4.68 Å². The lowest BCUT2D eigenvalue weighted by atomic mass is 10.2. The van der Waals surface area contributed by atoms with Crippen LogP contribution in [0.1, 0.15) is 12.5 Å². The molecule has 0 aliphatic carbocycles. The number of benzene rings is 1. The zero-order valence-electron chi connectivity index (χ0n) is 12.9. The van der Waals surface area contributed by atoms with Gasteiger partial charge >= 0.3 is 5.69 Å². The molecular weight excluding hydrogens is 399 g/mol. The van der Waals surface area contributed by atoms with Crippen LogP contribution in [0.3, 0.4) is 0 Å². The molecule has 0 N–H and O–H groups in total. The fraction of sp³-hybridized carbons (Fsp3) is 0.214. The number of nitrogens with zero attached hydrogens (tertiary/aromatic N) is 4. The summed E-state index contributed by atoms with van der Waals surface area (Å²) in [7, 11) is 1.52. The molecule has 2 aromatic heterocycles. The fourth-order valence-electron chi connectivity index (χ4n) is 1.91. The third kappa shape index (κ3) is 2.65. The summed E-state index contributed by atoms with van der Waals surface area (Å²) in [4.78, 5) is 12.0. The molecule has 0 saturated carbocycles. The van der Waals surface area contributed by atoms with Crippen LogP contribution in [0.25, 0.3) is 5.88 Å². The summed E-state index contributed by atoms with van der Waals surface area (Å²) < 4.78 is 21.9. The maximum atomic E-state index is 12.0. The van der Waals surface area contributed by atoms with Crippen molar-refractivity contribution >= 4 is 22.6 Å². The van der Waals surface area contributed by atoms with E-state index >= 15 is 0 Å². The Kier molecular flexibility index (Phi) is 3.67. The maximum absolute atomic E-state index is 12.0. The highest BCUT2D eigenvalue weighted by Gasteiger charge is 2.19. The number of hydrogen-bond donors (Lipinski definition) is 0. The molecule has 114 valence electrons. The number of aromatic nitrogens is 4. The third-order valence-corrected chi connectivity index (χ3v) is 4.03. The summed E-state index contributed by atoms with van der Waals surface area (Å²) in [5.41, 5.74) is 1.18. The zero-order chi connectivity index (χ0) is 16.6. The Morgan fingerprint density at radius 3 is 2.95 bits per heavy atom. The lowest BCUT2D eigenvalue weighted by Crippen LogP contribution is -2.22. The molecule has 1 aromatic carbocycles. The predicted octanol–water partition coefficient (Wildman–Crippen LogP) is 2.05. The Hall–Kier alpha value is -2.10. The van der Waals surface area contributed by atoms with E-state index in [1.165, 1.54) is 13.3 Å². The van der Waals surface area contributed by atoms with Gasteiger partial charge in [0.2, 0.25) is 5.88 Å². The molecule has 0 spiro atoms. The van der Waals surface area contributed by atoms with E-state index in [4.69, 9.17) is 10.5 Å². The van der Waals surface area contributed by atoms with Gasteiger partial charge < -0.3 is 9.15 Å². The van der Waals surface area contributed by atoms with Crippen LogP contribution in [-0.4, -0.2) is 19.8 Å². The summed E-state index contributed by atoms with van der Waals surface area (Å²) in [6, 6.07) is 5.57. The van der Waals surface area contributed by atoms with Crippen molar-refractivity contribution in [1.29, 1.82) is 0 Å². The Bertz CT molecular complexity index is 915. The van der Waals surface area contributed by atoms with Gasteiger partial charge in [-0.1, -0.05) is 18.2 Å². The van der Waals surface area contributed by atoms with E-state index in [1.54, 1.807) is 18.2 Å². The molecule has 0 atom stereocenters. The first-order valence-corrected chi connectivity index (χ1v) is 7.50. The quantitative estimate of drug-likeness (QED) is 0.611. The third-order valence-electron chi connectivity index (χ3n) is 3.13. The van der Waals surface area contributed by atoms with Crippen LogP contribution in [0.5, 0.6) is 5.75 Å². The SMILES string of the molecule is [3H]c1ccc(OCc2c(I)coc2-n2nnn(C)c2=O)c(C)c1. The lowest BCUT2D eigenvalue weighted by Gasteiger charge is -2.08. The van der Waals surface area contributed by atoms with Crippen LogP contribution in [0.4, 0.5) is 0 Å². The maximum Gasteiger partial charge on any atom is 0.370 e. The second-order valence-electron chi connectivity index (χ2n) is 4.64. The molecule has 8 heteroatoms. The first-order valence-electron chi connectivity index (χ1n) is 6.92. The summed E-state index contributed by atoms with van der Waals surface area (Å²) in [6.07, 6.45) is 1.54. The molecule has 7 nitrogen and oxygen atoms in total. The molecule has 3 aromatic rings. The first kappa shape index (κ1) is 13.6. The van der Waals surface area contributed by atoms with Crippen molar-refractivity contribution in [3.63, 3.8) is 0 Å². The highest BCUT2D eigenvalue weighted by molar-refractivity contribution is 14.1. The molecular formula is C14H13IN4O3. The summed E-state index contributed by atoms with van der Waals surface area (Å²) in [5, 5.41) is 7.46. The minimum atomic E-state index is -0.397. The van der Waals surface area contributed by atoms with Gasteiger partial charge in [0, 0.05) is 7.05 Å². The Morgan fingerprint density at radius 1 is 1.45 bits per heavy atom. The molecule has 0 radical (unpaired) electrons. The monoisotopic (exact) mass is 414 g/mol. The second-order valence-corrected chi connectivity index (χ2v) is 5.81. The van der Waals surface area contributed by atoms with Gasteiger partial charge in [0.25, 0.3) is 0 Å². The van der Waals surface area contributed by atoms with E-state index in [2.05, 4.69) is 33.0 Å². The molecule has 0 amide bonds. The lowest BCUT2D eigenvalue weighted by molar-refractivity contribution is 0.300. The van der Waals surface area contributed by atoms with Crippen molar-refractivity contribution in [3.8, 4) is 11.6 Å². The van der Waals surface area contributed by atoms with Gasteiger partial charge in [0.1, 0.15) is 18.6 Å². The second kappa shape index (κ2) is 5.95. The van der Waals surface area contributed by atoms with E-state index in [9.17, 15) is 4.79 Å². The Morgan fingerprint density at radius 2 is 2.27 bits per heavy atom. The average Bonchev–Trinajstić information content (AvgIpc) is 3.02. The minimum absolute atomic E-state index is 0.214. The van der Waals surface area contributed by atoms with Crippen LogP contribution in [0.2, 0.25) is 0 Å². The van der Waals surface area contributed by atoms with Gasteiger partial charge in [-0.05, 0) is 51.6 Å². The normalized spacial score (nSPS) is 11.5. The summed E-state index contributed by atoms with van der Waals surface area (Å²) in [5.74, 6) is 0.970. The van der Waals surface area contributed by atoms with Crippen molar-refractivity contribution in [2.75, 3.05) is 0 Å².